The summed E-state index contributed by atoms with van der Waals surface area (Å²) >= 11 is 0. The van der Waals surface area contributed by atoms with Crippen molar-refractivity contribution >= 4 is 28.9 Å². The second-order valence-electron chi connectivity index (χ2n) is 7.85. The highest BCUT2D eigenvalue weighted by molar-refractivity contribution is 5.96. The number of hydrogen-bond donors (Lipinski definition) is 2. The Morgan fingerprint density at radius 2 is 1.83 bits per heavy atom. The molecule has 156 valence electrons. The fourth-order valence-electron chi connectivity index (χ4n) is 3.70. The molecule has 30 heavy (non-hydrogen) atoms. The number of nitro groups is 1. The topological polar surface area (TPSA) is 105 Å². The number of carbonyl (C=O) groups excluding carboxylic acids is 2. The minimum atomic E-state index is -0.496. The Morgan fingerprint density at radius 1 is 1.07 bits per heavy atom. The molecule has 1 aliphatic carbocycles. The summed E-state index contributed by atoms with van der Waals surface area (Å²) in [5, 5.41) is 17.6. The number of hydrogen-bond acceptors (Lipinski definition) is 5. The van der Waals surface area contributed by atoms with Crippen molar-refractivity contribution in [3.63, 3.8) is 0 Å². The molecule has 0 spiro atoms. The Morgan fingerprint density at radius 3 is 2.53 bits per heavy atom. The predicted molar refractivity (Wildman–Crippen MR) is 113 cm³/mol. The van der Waals surface area contributed by atoms with Crippen LogP contribution in [0, 0.1) is 16.0 Å². The van der Waals surface area contributed by atoms with Crippen LogP contribution in [0.3, 0.4) is 0 Å². The SMILES string of the molecule is O=C(NC1CC1)C1CCCN(C(=O)c2ccc(Nc3ccccc3)c([N+](=O)[O-])c2)C1. The van der Waals surface area contributed by atoms with Crippen LogP contribution in [-0.2, 0) is 4.79 Å². The maximum Gasteiger partial charge on any atom is 0.293 e. The van der Waals surface area contributed by atoms with Gasteiger partial charge in [-0.1, -0.05) is 18.2 Å². The first kappa shape index (κ1) is 19.9. The van der Waals surface area contributed by atoms with Gasteiger partial charge in [-0.15, -0.1) is 0 Å². The van der Waals surface area contributed by atoms with Crippen molar-refractivity contribution < 1.29 is 14.5 Å². The third-order valence-corrected chi connectivity index (χ3v) is 5.50. The molecule has 1 unspecified atom stereocenters. The highest BCUT2D eigenvalue weighted by Gasteiger charge is 2.32. The van der Waals surface area contributed by atoms with Crippen LogP contribution < -0.4 is 10.6 Å². The lowest BCUT2D eigenvalue weighted by Gasteiger charge is -2.32. The summed E-state index contributed by atoms with van der Waals surface area (Å²) in [6, 6.07) is 13.9. The number of rotatable bonds is 6. The Balaban J connectivity index is 1.49. The van der Waals surface area contributed by atoms with Crippen molar-refractivity contribution in [3.05, 3.63) is 64.2 Å². The van der Waals surface area contributed by atoms with Crippen LogP contribution in [0.2, 0.25) is 0 Å². The van der Waals surface area contributed by atoms with Crippen LogP contribution in [0.25, 0.3) is 0 Å². The van der Waals surface area contributed by atoms with E-state index in [4.69, 9.17) is 0 Å². The monoisotopic (exact) mass is 408 g/mol. The molecule has 0 aromatic heterocycles. The first-order valence-corrected chi connectivity index (χ1v) is 10.2. The lowest BCUT2D eigenvalue weighted by molar-refractivity contribution is -0.383. The molecule has 1 atom stereocenters. The number of nitrogens with zero attached hydrogens (tertiary/aromatic N) is 2. The zero-order chi connectivity index (χ0) is 21.1. The van der Waals surface area contributed by atoms with E-state index >= 15 is 0 Å². The van der Waals surface area contributed by atoms with Crippen molar-refractivity contribution in [2.75, 3.05) is 18.4 Å². The zero-order valence-electron chi connectivity index (χ0n) is 16.5. The van der Waals surface area contributed by atoms with Crippen molar-refractivity contribution in [3.8, 4) is 0 Å². The van der Waals surface area contributed by atoms with Gasteiger partial charge in [0.2, 0.25) is 5.91 Å². The number of likely N-dealkylation sites (tertiary alicyclic amines) is 1. The Hall–Kier alpha value is -3.42. The van der Waals surface area contributed by atoms with Crippen LogP contribution in [0.1, 0.15) is 36.0 Å². The fraction of sp³-hybridized carbons (Fsp3) is 0.364. The second-order valence-corrected chi connectivity index (χ2v) is 7.85. The van der Waals surface area contributed by atoms with Crippen molar-refractivity contribution in [2.45, 2.75) is 31.7 Å². The lowest BCUT2D eigenvalue weighted by Crippen LogP contribution is -2.45. The number of benzene rings is 2. The molecule has 2 N–H and O–H groups in total. The normalized spacial score (nSPS) is 18.5. The van der Waals surface area contributed by atoms with Crippen LogP contribution in [0.15, 0.2) is 48.5 Å². The van der Waals surface area contributed by atoms with Gasteiger partial charge in [-0.25, -0.2) is 0 Å². The molecule has 4 rings (SSSR count). The second kappa shape index (κ2) is 8.52. The molecule has 0 bridgehead atoms. The summed E-state index contributed by atoms with van der Waals surface area (Å²) in [6.45, 7) is 0.888. The maximum atomic E-state index is 13.0. The lowest BCUT2D eigenvalue weighted by atomic mass is 9.96. The number of anilines is 2. The molecule has 2 aromatic rings. The number of carbonyl (C=O) groups is 2. The van der Waals surface area contributed by atoms with Crippen molar-refractivity contribution in [2.24, 2.45) is 5.92 Å². The van der Waals surface area contributed by atoms with Crippen LogP contribution in [0.5, 0.6) is 0 Å². The van der Waals surface area contributed by atoms with Gasteiger partial charge in [-0.2, -0.15) is 0 Å². The summed E-state index contributed by atoms with van der Waals surface area (Å²) < 4.78 is 0. The third kappa shape index (κ3) is 4.59. The van der Waals surface area contributed by atoms with Crippen LogP contribution >= 0.6 is 0 Å². The molecule has 1 saturated heterocycles. The standard InChI is InChI=1S/C22H24N4O4/c27-21(24-18-9-10-18)16-5-4-12-25(14-16)22(28)15-8-11-19(20(13-15)26(29)30)23-17-6-2-1-3-7-17/h1-3,6-8,11,13,16,18,23H,4-5,9-10,12,14H2,(H,24,27). The Kier molecular flexibility index (Phi) is 5.65. The zero-order valence-corrected chi connectivity index (χ0v) is 16.5. The molecule has 8 nitrogen and oxygen atoms in total. The van der Waals surface area contributed by atoms with E-state index in [2.05, 4.69) is 10.6 Å². The van der Waals surface area contributed by atoms with E-state index in [-0.39, 0.29) is 35.0 Å². The number of amides is 2. The van der Waals surface area contributed by atoms with Gasteiger partial charge in [-0.05, 0) is 49.9 Å². The first-order valence-electron chi connectivity index (χ1n) is 10.2. The molecule has 0 radical (unpaired) electrons. The van der Waals surface area contributed by atoms with E-state index in [1.807, 2.05) is 30.3 Å². The molecule has 1 aliphatic heterocycles. The summed E-state index contributed by atoms with van der Waals surface area (Å²) in [5.41, 5.74) is 1.14. The molecule has 8 heteroatoms. The van der Waals surface area contributed by atoms with Gasteiger partial charge in [0.15, 0.2) is 0 Å². The van der Waals surface area contributed by atoms with Gasteiger partial charge in [0.1, 0.15) is 5.69 Å². The number of nitro benzene ring substituents is 1. The van der Waals surface area contributed by atoms with Crippen molar-refractivity contribution in [1.29, 1.82) is 0 Å². The fourth-order valence-corrected chi connectivity index (χ4v) is 3.70. The Labute approximate surface area is 174 Å². The van der Waals surface area contributed by atoms with Gasteiger partial charge in [-0.3, -0.25) is 19.7 Å². The van der Waals surface area contributed by atoms with Gasteiger partial charge in [0.05, 0.1) is 10.8 Å². The molecular weight excluding hydrogens is 384 g/mol. The molecule has 1 heterocycles. The summed E-state index contributed by atoms with van der Waals surface area (Å²) in [4.78, 5) is 38.1. The molecular formula is C22H24N4O4. The quantitative estimate of drug-likeness (QED) is 0.563. The highest BCUT2D eigenvalue weighted by atomic mass is 16.6. The first-order chi connectivity index (χ1) is 14.5. The van der Waals surface area contributed by atoms with E-state index in [1.165, 1.54) is 6.07 Å². The number of para-hydroxylation sites is 1. The van der Waals surface area contributed by atoms with Crippen LogP contribution in [0.4, 0.5) is 17.1 Å². The summed E-state index contributed by atoms with van der Waals surface area (Å²) in [6.07, 6.45) is 3.54. The van der Waals surface area contributed by atoms with E-state index in [0.717, 1.165) is 31.4 Å². The summed E-state index contributed by atoms with van der Waals surface area (Å²) in [5.74, 6) is -0.506. The van der Waals surface area contributed by atoms with Crippen LogP contribution in [-0.4, -0.2) is 40.8 Å². The van der Waals surface area contributed by atoms with Gasteiger partial charge in [0.25, 0.3) is 11.6 Å². The predicted octanol–water partition coefficient (Wildman–Crippen LogP) is 3.47. The minimum Gasteiger partial charge on any atom is -0.353 e. The molecule has 2 amide bonds. The van der Waals surface area contributed by atoms with Gasteiger partial charge < -0.3 is 15.5 Å². The molecule has 2 aromatic carbocycles. The average Bonchev–Trinajstić information content (AvgIpc) is 3.58. The molecule has 2 aliphatic rings. The third-order valence-electron chi connectivity index (χ3n) is 5.50. The van der Waals surface area contributed by atoms with E-state index in [0.29, 0.717) is 18.8 Å². The summed E-state index contributed by atoms with van der Waals surface area (Å²) in [7, 11) is 0. The van der Waals surface area contributed by atoms with E-state index in [1.54, 1.807) is 17.0 Å². The largest absolute Gasteiger partial charge is 0.353 e. The smallest absolute Gasteiger partial charge is 0.293 e. The number of nitrogens with one attached hydrogen (secondary N) is 2. The van der Waals surface area contributed by atoms with E-state index in [9.17, 15) is 19.7 Å². The van der Waals surface area contributed by atoms with Gasteiger partial charge >= 0.3 is 0 Å². The van der Waals surface area contributed by atoms with E-state index < -0.39 is 4.92 Å². The average molecular weight is 408 g/mol. The maximum absolute atomic E-state index is 13.0. The van der Waals surface area contributed by atoms with Gasteiger partial charge in [0, 0.05) is 36.4 Å². The molecule has 1 saturated carbocycles. The Bertz CT molecular complexity index is 959. The van der Waals surface area contributed by atoms with Crippen molar-refractivity contribution in [1.82, 2.24) is 10.2 Å². The number of piperidine rings is 1. The molecule has 2 fully saturated rings. The minimum absolute atomic E-state index is 0.00314. The highest BCUT2D eigenvalue weighted by Crippen LogP contribution is 2.30.